The minimum absolute atomic E-state index is 0.00864. The largest absolute Gasteiger partial charge is 0.488 e. The lowest BCUT2D eigenvalue weighted by Gasteiger charge is -2.15. The number of aromatic carboxylic acids is 1. The van der Waals surface area contributed by atoms with Gasteiger partial charge in [0.05, 0.1) is 22.5 Å². The topological polar surface area (TPSA) is 88.5 Å². The molecule has 0 atom stereocenters. The number of hydrogen-bond donors (Lipinski definition) is 2. The summed E-state index contributed by atoms with van der Waals surface area (Å²) in [7, 11) is 0. The zero-order chi connectivity index (χ0) is 26.3. The van der Waals surface area contributed by atoms with Crippen molar-refractivity contribution < 1.29 is 19.4 Å². The van der Waals surface area contributed by atoms with E-state index in [0.717, 1.165) is 22.3 Å². The van der Waals surface area contributed by atoms with Crippen LogP contribution in [0.4, 0.5) is 5.69 Å². The zero-order valence-corrected chi connectivity index (χ0v) is 20.4. The Bertz CT molecular complexity index is 1570. The lowest BCUT2D eigenvalue weighted by Crippen LogP contribution is -2.16. The van der Waals surface area contributed by atoms with Crippen molar-refractivity contribution in [1.82, 2.24) is 4.98 Å². The van der Waals surface area contributed by atoms with Gasteiger partial charge in [-0.1, -0.05) is 72.8 Å². The van der Waals surface area contributed by atoms with Gasteiger partial charge in [0, 0.05) is 11.8 Å². The number of ether oxygens (including phenoxy) is 1. The predicted octanol–water partition coefficient (Wildman–Crippen LogP) is 6.95. The van der Waals surface area contributed by atoms with E-state index in [1.165, 1.54) is 6.07 Å². The molecular weight excluding hydrogens is 476 g/mol. The van der Waals surface area contributed by atoms with E-state index in [9.17, 15) is 14.7 Å². The van der Waals surface area contributed by atoms with Crippen LogP contribution < -0.4 is 10.1 Å². The molecule has 0 fully saturated rings. The van der Waals surface area contributed by atoms with E-state index in [-0.39, 0.29) is 23.4 Å². The molecule has 4 aromatic carbocycles. The van der Waals surface area contributed by atoms with E-state index in [1.54, 1.807) is 30.5 Å². The van der Waals surface area contributed by atoms with Gasteiger partial charge in [-0.2, -0.15) is 0 Å². The number of nitrogens with zero attached hydrogens (tertiary/aromatic N) is 1. The van der Waals surface area contributed by atoms with Crippen LogP contribution in [-0.4, -0.2) is 22.0 Å². The van der Waals surface area contributed by atoms with E-state index in [1.807, 2.05) is 84.9 Å². The van der Waals surface area contributed by atoms with Crippen LogP contribution in [0.5, 0.6) is 5.75 Å². The van der Waals surface area contributed by atoms with Crippen molar-refractivity contribution in [3.63, 3.8) is 0 Å². The molecule has 0 aliphatic rings. The lowest BCUT2D eigenvalue weighted by molar-refractivity contribution is 0.0698. The third-order valence-corrected chi connectivity index (χ3v) is 6.03. The third-order valence-electron chi connectivity index (χ3n) is 6.03. The molecule has 0 saturated carbocycles. The van der Waals surface area contributed by atoms with Gasteiger partial charge in [0.25, 0.3) is 5.91 Å². The fraction of sp³-hybridized carbons (Fsp3) is 0.0312. The first kappa shape index (κ1) is 24.5. The fourth-order valence-corrected chi connectivity index (χ4v) is 4.10. The SMILES string of the molecule is O=C(O)c1ccc(-c2ccccc2)cc1NC(=O)c1cc(-c2ccccn2)ccc1OCc1ccccc1. The van der Waals surface area contributed by atoms with E-state index in [2.05, 4.69) is 10.3 Å². The second-order valence-corrected chi connectivity index (χ2v) is 8.59. The summed E-state index contributed by atoms with van der Waals surface area (Å²) < 4.78 is 6.05. The van der Waals surface area contributed by atoms with Crippen LogP contribution in [0.25, 0.3) is 22.4 Å². The highest BCUT2D eigenvalue weighted by atomic mass is 16.5. The van der Waals surface area contributed by atoms with E-state index < -0.39 is 11.9 Å². The monoisotopic (exact) mass is 500 g/mol. The van der Waals surface area contributed by atoms with Crippen LogP contribution >= 0.6 is 0 Å². The average Bonchev–Trinajstić information content (AvgIpc) is 2.97. The first-order chi connectivity index (χ1) is 18.6. The Morgan fingerprint density at radius 3 is 2.13 bits per heavy atom. The molecule has 38 heavy (non-hydrogen) atoms. The number of carboxylic acid groups (broad SMARTS) is 1. The Kier molecular flexibility index (Phi) is 7.23. The minimum Gasteiger partial charge on any atom is -0.488 e. The summed E-state index contributed by atoms with van der Waals surface area (Å²) >= 11 is 0. The number of rotatable bonds is 8. The summed E-state index contributed by atoms with van der Waals surface area (Å²) in [6.45, 7) is 0.272. The van der Waals surface area contributed by atoms with Crippen LogP contribution in [0.2, 0.25) is 0 Å². The van der Waals surface area contributed by atoms with Gasteiger partial charge in [0.2, 0.25) is 0 Å². The predicted molar refractivity (Wildman–Crippen MR) is 147 cm³/mol. The highest BCUT2D eigenvalue weighted by Gasteiger charge is 2.19. The molecule has 0 unspecified atom stereocenters. The smallest absolute Gasteiger partial charge is 0.337 e. The van der Waals surface area contributed by atoms with Gasteiger partial charge in [-0.15, -0.1) is 0 Å². The van der Waals surface area contributed by atoms with Crippen molar-refractivity contribution in [1.29, 1.82) is 0 Å². The van der Waals surface area contributed by atoms with Crippen LogP contribution in [0, 0.1) is 0 Å². The normalized spacial score (nSPS) is 10.5. The van der Waals surface area contributed by atoms with Crippen LogP contribution in [0.15, 0.2) is 121 Å². The van der Waals surface area contributed by atoms with Crippen molar-refractivity contribution in [3.05, 3.63) is 138 Å². The molecule has 0 aliphatic carbocycles. The quantitative estimate of drug-likeness (QED) is 0.241. The second kappa shape index (κ2) is 11.2. The Hall–Kier alpha value is -5.23. The van der Waals surface area contributed by atoms with E-state index in [0.29, 0.717) is 11.4 Å². The molecule has 0 radical (unpaired) electrons. The summed E-state index contributed by atoms with van der Waals surface area (Å²) in [6, 6.07) is 34.9. The maximum absolute atomic E-state index is 13.6. The van der Waals surface area contributed by atoms with E-state index >= 15 is 0 Å². The number of nitrogens with one attached hydrogen (secondary N) is 1. The van der Waals surface area contributed by atoms with Gasteiger partial charge < -0.3 is 15.2 Å². The van der Waals surface area contributed by atoms with Gasteiger partial charge in [-0.3, -0.25) is 9.78 Å². The minimum atomic E-state index is -1.14. The molecule has 1 amide bonds. The fourth-order valence-electron chi connectivity index (χ4n) is 4.10. The number of amides is 1. The third kappa shape index (κ3) is 5.60. The Morgan fingerprint density at radius 1 is 0.711 bits per heavy atom. The number of aromatic nitrogens is 1. The Balaban J connectivity index is 1.51. The van der Waals surface area contributed by atoms with Gasteiger partial charge >= 0.3 is 5.97 Å². The van der Waals surface area contributed by atoms with Crippen LogP contribution in [0.3, 0.4) is 0 Å². The molecule has 6 heteroatoms. The molecule has 1 heterocycles. The number of benzene rings is 4. The molecule has 6 nitrogen and oxygen atoms in total. The number of hydrogen-bond acceptors (Lipinski definition) is 4. The standard InChI is InChI=1S/C32H24N2O4/c35-31(34-29-20-24(14-16-26(29)32(36)37)23-11-5-2-6-12-23)27-19-25(28-13-7-8-18-33-28)15-17-30(27)38-21-22-9-3-1-4-10-22/h1-20H,21H2,(H,34,35)(H,36,37). The molecule has 0 saturated heterocycles. The van der Waals surface area contributed by atoms with Gasteiger partial charge in [-0.05, 0) is 59.2 Å². The summed E-state index contributed by atoms with van der Waals surface area (Å²) in [5, 5.41) is 12.6. The highest BCUT2D eigenvalue weighted by Crippen LogP contribution is 2.30. The summed E-state index contributed by atoms with van der Waals surface area (Å²) in [5.74, 6) is -1.25. The first-order valence-electron chi connectivity index (χ1n) is 12.0. The van der Waals surface area contributed by atoms with Crippen molar-refractivity contribution in [2.75, 3.05) is 5.32 Å². The molecule has 0 bridgehead atoms. The van der Waals surface area contributed by atoms with Crippen molar-refractivity contribution in [2.24, 2.45) is 0 Å². The molecule has 2 N–H and O–H groups in total. The Labute approximate surface area is 220 Å². The van der Waals surface area contributed by atoms with Crippen molar-refractivity contribution in [2.45, 2.75) is 6.61 Å². The second-order valence-electron chi connectivity index (χ2n) is 8.59. The number of carbonyl (C=O) groups is 2. The molecule has 0 spiro atoms. The molecule has 186 valence electrons. The van der Waals surface area contributed by atoms with Gasteiger partial charge in [-0.25, -0.2) is 4.79 Å². The van der Waals surface area contributed by atoms with E-state index in [4.69, 9.17) is 4.74 Å². The highest BCUT2D eigenvalue weighted by molar-refractivity contribution is 6.10. The first-order valence-corrected chi connectivity index (χ1v) is 12.0. The number of carbonyl (C=O) groups excluding carboxylic acids is 1. The maximum atomic E-state index is 13.6. The van der Waals surface area contributed by atoms with Gasteiger partial charge in [0.1, 0.15) is 12.4 Å². The van der Waals surface area contributed by atoms with Crippen molar-refractivity contribution in [3.8, 4) is 28.1 Å². The van der Waals surface area contributed by atoms with Crippen LogP contribution in [-0.2, 0) is 6.61 Å². The number of carboxylic acids is 1. The maximum Gasteiger partial charge on any atom is 0.337 e. The summed E-state index contributed by atoms with van der Waals surface area (Å²) in [4.78, 5) is 30.0. The molecule has 5 aromatic rings. The molecule has 5 rings (SSSR count). The zero-order valence-electron chi connectivity index (χ0n) is 20.4. The molecule has 0 aliphatic heterocycles. The van der Waals surface area contributed by atoms with Crippen molar-refractivity contribution >= 4 is 17.6 Å². The lowest BCUT2D eigenvalue weighted by atomic mass is 10.0. The average molecular weight is 501 g/mol. The molecular formula is C32H24N2O4. The summed E-state index contributed by atoms with van der Waals surface area (Å²) in [6.07, 6.45) is 1.68. The molecule has 1 aromatic heterocycles. The summed E-state index contributed by atoms with van der Waals surface area (Å²) in [5.41, 5.74) is 4.54. The number of pyridine rings is 1. The van der Waals surface area contributed by atoms with Crippen LogP contribution in [0.1, 0.15) is 26.3 Å². The van der Waals surface area contributed by atoms with Gasteiger partial charge in [0.15, 0.2) is 0 Å². The number of anilines is 1. The Morgan fingerprint density at radius 2 is 1.42 bits per heavy atom.